The summed E-state index contributed by atoms with van der Waals surface area (Å²) in [5.74, 6) is -0.328. The molecule has 0 saturated heterocycles. The van der Waals surface area contributed by atoms with Gasteiger partial charge in [-0.3, -0.25) is 4.99 Å². The highest BCUT2D eigenvalue weighted by Gasteiger charge is 2.37. The number of aliphatic imine (C=N–C) groups is 3. The van der Waals surface area contributed by atoms with Crippen LogP contribution in [0, 0.1) is 5.92 Å². The summed E-state index contributed by atoms with van der Waals surface area (Å²) in [6.45, 7) is 0. The van der Waals surface area contributed by atoms with Crippen molar-refractivity contribution in [1.82, 2.24) is 0 Å². The van der Waals surface area contributed by atoms with Crippen LogP contribution < -0.4 is 34.4 Å². The van der Waals surface area contributed by atoms with Gasteiger partial charge < -0.3 is 39.5 Å². The van der Waals surface area contributed by atoms with Crippen molar-refractivity contribution in [3.8, 4) is 0 Å². The van der Waals surface area contributed by atoms with Gasteiger partial charge in [0, 0.05) is 5.92 Å². The summed E-state index contributed by atoms with van der Waals surface area (Å²) in [5, 5.41) is 10.7. The topological polar surface area (TPSA) is 213 Å². The Balaban J connectivity index is 2.30. The minimum Gasteiger partial charge on any atom is -0.393 e. The number of nitrogens with two attached hydrogens (primary N) is 6. The van der Waals surface area contributed by atoms with Gasteiger partial charge in [0.1, 0.15) is 0 Å². The first-order chi connectivity index (χ1) is 12.3. The van der Waals surface area contributed by atoms with Crippen molar-refractivity contribution in [3.63, 3.8) is 0 Å². The van der Waals surface area contributed by atoms with Crippen LogP contribution in [-0.2, 0) is 6.42 Å². The number of rotatable bonds is 5. The molecule has 0 aliphatic heterocycles. The lowest BCUT2D eigenvalue weighted by Gasteiger charge is -2.36. The monoisotopic (exact) mass is 361 g/mol. The Morgan fingerprint density at radius 3 is 2.19 bits per heavy atom. The number of para-hydroxylation sites is 1. The number of nitrogens with zero attached hydrogens (tertiary/aromatic N) is 3. The molecule has 26 heavy (non-hydrogen) atoms. The van der Waals surface area contributed by atoms with E-state index >= 15 is 0 Å². The zero-order valence-electron chi connectivity index (χ0n) is 14.5. The summed E-state index contributed by atoms with van der Waals surface area (Å²) >= 11 is 0. The third-order valence-electron chi connectivity index (χ3n) is 4.36. The van der Waals surface area contributed by atoms with Gasteiger partial charge in [-0.2, -0.15) is 0 Å². The molecule has 1 aliphatic carbocycles. The molecule has 1 aromatic carbocycles. The SMILES string of the molecule is NC(N)=Nc1ccccc1C[C@H]1[C@H](O)C[C@H](N=C(N)N)C[C@@H]1N=C(N)N. The smallest absolute Gasteiger partial charge is 0.191 e. The summed E-state index contributed by atoms with van der Waals surface area (Å²) in [4.78, 5) is 12.6. The molecule has 10 heteroatoms. The van der Waals surface area contributed by atoms with Gasteiger partial charge in [0.05, 0.1) is 23.9 Å². The average Bonchev–Trinajstić information content (AvgIpc) is 2.50. The fourth-order valence-electron chi connectivity index (χ4n) is 3.37. The molecule has 0 spiro atoms. The van der Waals surface area contributed by atoms with E-state index in [1.54, 1.807) is 0 Å². The second-order valence-electron chi connectivity index (χ2n) is 6.40. The standard InChI is InChI=1S/C16H27N9O/c17-14(18)23-9-6-12(25-16(21)22)10(13(26)7-9)5-8-3-1-2-4-11(8)24-15(19)20/h1-4,9-10,12-13,26H,5-7H2,(H4,17,18,23)(H4,19,20,24)(H4,21,22,25)/t9-,10-,12+,13-/m1/s1. The van der Waals surface area contributed by atoms with Crippen LogP contribution in [0.25, 0.3) is 0 Å². The molecular weight excluding hydrogens is 334 g/mol. The Bertz CT molecular complexity index is 703. The summed E-state index contributed by atoms with van der Waals surface area (Å²) in [7, 11) is 0. The van der Waals surface area contributed by atoms with Crippen molar-refractivity contribution in [2.75, 3.05) is 0 Å². The van der Waals surface area contributed by atoms with Gasteiger partial charge in [0.15, 0.2) is 17.9 Å². The van der Waals surface area contributed by atoms with Gasteiger partial charge in [-0.25, -0.2) is 9.98 Å². The van der Waals surface area contributed by atoms with Crippen LogP contribution in [0.1, 0.15) is 18.4 Å². The van der Waals surface area contributed by atoms with Crippen LogP contribution >= 0.6 is 0 Å². The van der Waals surface area contributed by atoms with Crippen LogP contribution in [0.4, 0.5) is 5.69 Å². The number of hydrogen-bond acceptors (Lipinski definition) is 4. The zero-order valence-corrected chi connectivity index (χ0v) is 14.5. The number of aliphatic hydroxyl groups excluding tert-OH is 1. The van der Waals surface area contributed by atoms with E-state index in [2.05, 4.69) is 15.0 Å². The third kappa shape index (κ3) is 5.24. The van der Waals surface area contributed by atoms with Gasteiger partial charge in [0.25, 0.3) is 0 Å². The molecule has 4 atom stereocenters. The van der Waals surface area contributed by atoms with Crippen molar-refractivity contribution in [3.05, 3.63) is 29.8 Å². The Hall–Kier alpha value is -3.01. The molecule has 1 fully saturated rings. The molecule has 1 saturated carbocycles. The predicted octanol–water partition coefficient (Wildman–Crippen LogP) is -1.81. The van der Waals surface area contributed by atoms with Crippen LogP contribution in [0.5, 0.6) is 0 Å². The van der Waals surface area contributed by atoms with Crippen molar-refractivity contribution < 1.29 is 5.11 Å². The molecule has 0 radical (unpaired) electrons. The molecular formula is C16H27N9O. The summed E-state index contributed by atoms with van der Waals surface area (Å²) in [6.07, 6.45) is 0.771. The van der Waals surface area contributed by atoms with Crippen molar-refractivity contribution >= 4 is 23.6 Å². The summed E-state index contributed by atoms with van der Waals surface area (Å²) in [6, 6.07) is 6.86. The van der Waals surface area contributed by atoms with E-state index in [9.17, 15) is 5.11 Å². The zero-order chi connectivity index (χ0) is 19.3. The Morgan fingerprint density at radius 1 is 0.923 bits per heavy atom. The number of hydrogen-bond donors (Lipinski definition) is 7. The van der Waals surface area contributed by atoms with E-state index in [1.807, 2.05) is 24.3 Å². The first-order valence-electron chi connectivity index (χ1n) is 8.29. The van der Waals surface area contributed by atoms with Crippen LogP contribution in [0.15, 0.2) is 39.2 Å². The maximum atomic E-state index is 10.7. The average molecular weight is 361 g/mol. The lowest BCUT2D eigenvalue weighted by molar-refractivity contribution is 0.0502. The van der Waals surface area contributed by atoms with Crippen LogP contribution in [-0.4, -0.2) is 41.2 Å². The Morgan fingerprint density at radius 2 is 1.58 bits per heavy atom. The van der Waals surface area contributed by atoms with Gasteiger partial charge in [-0.05, 0) is 30.9 Å². The highest BCUT2D eigenvalue weighted by Crippen LogP contribution is 2.34. The van der Waals surface area contributed by atoms with Gasteiger partial charge in [-0.15, -0.1) is 0 Å². The van der Waals surface area contributed by atoms with E-state index in [1.165, 1.54) is 0 Å². The lowest BCUT2D eigenvalue weighted by atomic mass is 9.76. The third-order valence-corrected chi connectivity index (χ3v) is 4.36. The van der Waals surface area contributed by atoms with E-state index in [0.29, 0.717) is 24.9 Å². The van der Waals surface area contributed by atoms with Crippen molar-refractivity contribution in [1.29, 1.82) is 0 Å². The van der Waals surface area contributed by atoms with E-state index in [4.69, 9.17) is 34.4 Å². The van der Waals surface area contributed by atoms with E-state index < -0.39 is 6.10 Å². The Kier molecular flexibility index (Phi) is 6.23. The summed E-state index contributed by atoms with van der Waals surface area (Å²) in [5.41, 5.74) is 34.6. The molecule has 13 N–H and O–H groups in total. The lowest BCUT2D eigenvalue weighted by Crippen LogP contribution is -2.44. The molecule has 1 aliphatic rings. The van der Waals surface area contributed by atoms with E-state index in [0.717, 1.165) is 5.56 Å². The van der Waals surface area contributed by atoms with Crippen LogP contribution in [0.3, 0.4) is 0 Å². The molecule has 142 valence electrons. The molecule has 0 bridgehead atoms. The quantitative estimate of drug-likeness (QED) is 0.235. The predicted molar refractivity (Wildman–Crippen MR) is 104 cm³/mol. The normalized spacial score (nSPS) is 25.1. The van der Waals surface area contributed by atoms with Gasteiger partial charge >= 0.3 is 0 Å². The number of benzene rings is 1. The maximum absolute atomic E-state index is 10.7. The van der Waals surface area contributed by atoms with Gasteiger partial charge in [0.2, 0.25) is 0 Å². The second-order valence-corrected chi connectivity index (χ2v) is 6.40. The second kappa shape index (κ2) is 8.39. The minimum absolute atomic E-state index is 0.0257. The first-order valence-corrected chi connectivity index (χ1v) is 8.29. The molecule has 0 heterocycles. The number of aliphatic hydroxyl groups is 1. The van der Waals surface area contributed by atoms with Crippen molar-refractivity contribution in [2.45, 2.75) is 37.5 Å². The van der Waals surface area contributed by atoms with E-state index in [-0.39, 0.29) is 35.9 Å². The van der Waals surface area contributed by atoms with Crippen LogP contribution in [0.2, 0.25) is 0 Å². The highest BCUT2D eigenvalue weighted by atomic mass is 16.3. The minimum atomic E-state index is -0.683. The molecule has 0 aromatic heterocycles. The highest BCUT2D eigenvalue weighted by molar-refractivity contribution is 5.79. The molecule has 1 aromatic rings. The largest absolute Gasteiger partial charge is 0.393 e. The van der Waals surface area contributed by atoms with Gasteiger partial charge in [-0.1, -0.05) is 18.2 Å². The summed E-state index contributed by atoms with van der Waals surface area (Å²) < 4.78 is 0. The molecule has 0 amide bonds. The molecule has 10 nitrogen and oxygen atoms in total. The fourth-order valence-corrected chi connectivity index (χ4v) is 3.37. The molecule has 0 unspecified atom stereocenters. The Labute approximate surface area is 152 Å². The fraction of sp³-hybridized carbons (Fsp3) is 0.438. The number of guanidine groups is 3. The molecule has 2 rings (SSSR count). The maximum Gasteiger partial charge on any atom is 0.191 e. The van der Waals surface area contributed by atoms with Crippen molar-refractivity contribution in [2.24, 2.45) is 55.3 Å². The first kappa shape index (κ1) is 19.3.